The van der Waals surface area contributed by atoms with Crippen LogP contribution in [0.1, 0.15) is 20.9 Å². The number of para-hydroxylation sites is 1. The first-order valence-corrected chi connectivity index (χ1v) is 8.25. The molecule has 1 heterocycles. The van der Waals surface area contributed by atoms with Crippen LogP contribution in [0, 0.1) is 6.92 Å². The predicted octanol–water partition coefficient (Wildman–Crippen LogP) is 4.60. The third-order valence-electron chi connectivity index (χ3n) is 3.14. The second kappa shape index (κ2) is 5.87. The summed E-state index contributed by atoms with van der Waals surface area (Å²) >= 11 is 3.30. The number of hydrogen-bond donors (Lipinski definition) is 1. The highest BCUT2D eigenvalue weighted by Crippen LogP contribution is 2.29. The Labute approximate surface area is 130 Å². The van der Waals surface area contributed by atoms with Crippen molar-refractivity contribution in [3.05, 3.63) is 58.6 Å². The molecular weight excluding hydrogens is 302 g/mol. The summed E-state index contributed by atoms with van der Waals surface area (Å²) in [5, 5.41) is 10.2. The van der Waals surface area contributed by atoms with Crippen molar-refractivity contribution in [2.45, 2.75) is 17.6 Å². The topological polar surface area (TPSA) is 50.2 Å². The Morgan fingerprint density at radius 2 is 2.10 bits per heavy atom. The fraction of sp³-hybridized carbons (Fsp3) is 0.125. The number of hydrogen-bond acceptors (Lipinski definition) is 4. The van der Waals surface area contributed by atoms with E-state index in [-0.39, 0.29) is 0 Å². The largest absolute Gasteiger partial charge is 0.478 e. The van der Waals surface area contributed by atoms with Crippen molar-refractivity contribution in [2.24, 2.45) is 0 Å². The molecule has 0 aliphatic rings. The quantitative estimate of drug-likeness (QED) is 0.715. The number of nitrogens with zero attached hydrogens (tertiary/aromatic N) is 1. The molecule has 3 aromatic rings. The number of fused-ring (bicyclic) bond motifs is 1. The molecule has 2 aromatic carbocycles. The predicted molar refractivity (Wildman–Crippen MR) is 87.3 cm³/mol. The highest BCUT2D eigenvalue weighted by molar-refractivity contribution is 7.98. The highest BCUT2D eigenvalue weighted by atomic mass is 32.2. The number of thiazole rings is 1. The monoisotopic (exact) mass is 315 g/mol. The van der Waals surface area contributed by atoms with Crippen molar-refractivity contribution in [2.75, 3.05) is 0 Å². The van der Waals surface area contributed by atoms with Gasteiger partial charge < -0.3 is 5.11 Å². The number of aryl methyl sites for hydroxylation is 1. The summed E-state index contributed by atoms with van der Waals surface area (Å²) in [5.74, 6) is -0.128. The summed E-state index contributed by atoms with van der Waals surface area (Å²) in [6.45, 7) is 1.81. The minimum Gasteiger partial charge on any atom is -0.478 e. The van der Waals surface area contributed by atoms with E-state index in [1.807, 2.05) is 37.3 Å². The molecule has 0 spiro atoms. The SMILES string of the molecule is Cc1ccc(SCc2nc3ccccc3s2)cc1C(=O)O. The Morgan fingerprint density at radius 3 is 2.86 bits per heavy atom. The third-order valence-corrected chi connectivity index (χ3v) is 5.36. The van der Waals surface area contributed by atoms with Gasteiger partial charge in [-0.05, 0) is 36.8 Å². The molecule has 0 fully saturated rings. The lowest BCUT2D eigenvalue weighted by atomic mass is 10.1. The molecule has 3 nitrogen and oxygen atoms in total. The van der Waals surface area contributed by atoms with E-state index >= 15 is 0 Å². The normalized spacial score (nSPS) is 10.9. The van der Waals surface area contributed by atoms with E-state index in [2.05, 4.69) is 11.1 Å². The van der Waals surface area contributed by atoms with Crippen molar-refractivity contribution in [3.63, 3.8) is 0 Å². The number of aromatic nitrogens is 1. The highest BCUT2D eigenvalue weighted by Gasteiger charge is 2.09. The van der Waals surface area contributed by atoms with Gasteiger partial charge in [-0.3, -0.25) is 0 Å². The number of benzene rings is 2. The molecule has 0 amide bonds. The van der Waals surface area contributed by atoms with Crippen LogP contribution in [0.4, 0.5) is 0 Å². The zero-order valence-corrected chi connectivity index (χ0v) is 13.0. The molecule has 0 unspecified atom stereocenters. The van der Waals surface area contributed by atoms with Crippen LogP contribution in [0.25, 0.3) is 10.2 Å². The summed E-state index contributed by atoms with van der Waals surface area (Å²) in [6, 6.07) is 13.6. The van der Waals surface area contributed by atoms with Crippen LogP contribution in [0.5, 0.6) is 0 Å². The fourth-order valence-corrected chi connectivity index (χ4v) is 3.94. The second-order valence-electron chi connectivity index (χ2n) is 4.65. The third kappa shape index (κ3) is 3.09. The van der Waals surface area contributed by atoms with Gasteiger partial charge in [-0.25, -0.2) is 9.78 Å². The lowest BCUT2D eigenvalue weighted by Crippen LogP contribution is -1.99. The van der Waals surface area contributed by atoms with Gasteiger partial charge in [0.1, 0.15) is 5.01 Å². The summed E-state index contributed by atoms with van der Waals surface area (Å²) in [7, 11) is 0. The van der Waals surface area contributed by atoms with Crippen molar-refractivity contribution in [1.29, 1.82) is 0 Å². The van der Waals surface area contributed by atoms with Crippen LogP contribution in [-0.2, 0) is 5.75 Å². The number of carboxylic acid groups (broad SMARTS) is 1. The molecule has 1 N–H and O–H groups in total. The zero-order chi connectivity index (χ0) is 14.8. The van der Waals surface area contributed by atoms with Crippen molar-refractivity contribution >= 4 is 39.3 Å². The standard InChI is InChI=1S/C16H13NO2S2/c1-10-6-7-11(8-12(10)16(18)19)20-9-15-17-13-4-2-3-5-14(13)21-15/h2-8H,9H2,1H3,(H,18,19). The minimum absolute atomic E-state index is 0.365. The average Bonchev–Trinajstić information content (AvgIpc) is 2.89. The summed E-state index contributed by atoms with van der Waals surface area (Å²) in [4.78, 5) is 16.7. The minimum atomic E-state index is -0.880. The molecule has 0 aliphatic carbocycles. The molecule has 0 atom stereocenters. The second-order valence-corrected chi connectivity index (χ2v) is 6.81. The maximum Gasteiger partial charge on any atom is 0.335 e. The first-order chi connectivity index (χ1) is 10.1. The van der Waals surface area contributed by atoms with Crippen molar-refractivity contribution in [1.82, 2.24) is 4.98 Å². The van der Waals surface area contributed by atoms with Crippen LogP contribution >= 0.6 is 23.1 Å². The van der Waals surface area contributed by atoms with Gasteiger partial charge in [0, 0.05) is 4.90 Å². The molecule has 0 radical (unpaired) electrons. The van der Waals surface area contributed by atoms with E-state index in [0.29, 0.717) is 5.56 Å². The van der Waals surface area contributed by atoms with Gasteiger partial charge in [-0.15, -0.1) is 23.1 Å². The van der Waals surface area contributed by atoms with E-state index < -0.39 is 5.97 Å². The zero-order valence-electron chi connectivity index (χ0n) is 11.4. The Balaban J connectivity index is 1.78. The van der Waals surface area contributed by atoms with E-state index in [0.717, 1.165) is 26.7 Å². The molecule has 0 aliphatic heterocycles. The maximum absolute atomic E-state index is 11.1. The average molecular weight is 315 g/mol. The van der Waals surface area contributed by atoms with Crippen molar-refractivity contribution in [3.8, 4) is 0 Å². The van der Waals surface area contributed by atoms with Crippen LogP contribution in [0.15, 0.2) is 47.4 Å². The Kier molecular flexibility index (Phi) is 3.94. The van der Waals surface area contributed by atoms with Gasteiger partial charge in [0.25, 0.3) is 0 Å². The smallest absolute Gasteiger partial charge is 0.335 e. The molecule has 0 saturated carbocycles. The van der Waals surface area contributed by atoms with Crippen molar-refractivity contribution < 1.29 is 9.90 Å². The summed E-state index contributed by atoms with van der Waals surface area (Å²) in [6.07, 6.45) is 0. The van der Waals surface area contributed by atoms with Gasteiger partial charge in [0.2, 0.25) is 0 Å². The number of thioether (sulfide) groups is 1. The van der Waals surface area contributed by atoms with Crippen LogP contribution < -0.4 is 0 Å². The number of carbonyl (C=O) groups is 1. The molecule has 106 valence electrons. The molecule has 0 saturated heterocycles. The Hall–Kier alpha value is -1.85. The molecule has 21 heavy (non-hydrogen) atoms. The van der Waals surface area contributed by atoms with Gasteiger partial charge >= 0.3 is 5.97 Å². The van der Waals surface area contributed by atoms with Crippen LogP contribution in [-0.4, -0.2) is 16.1 Å². The number of aromatic carboxylic acids is 1. The van der Waals surface area contributed by atoms with E-state index in [1.54, 1.807) is 29.2 Å². The van der Waals surface area contributed by atoms with E-state index in [1.165, 1.54) is 4.70 Å². The lowest BCUT2D eigenvalue weighted by Gasteiger charge is -2.04. The maximum atomic E-state index is 11.1. The number of carboxylic acids is 1. The summed E-state index contributed by atoms with van der Waals surface area (Å²) < 4.78 is 1.18. The Morgan fingerprint density at radius 1 is 1.29 bits per heavy atom. The van der Waals surface area contributed by atoms with Gasteiger partial charge in [-0.2, -0.15) is 0 Å². The van der Waals surface area contributed by atoms with E-state index in [4.69, 9.17) is 5.11 Å². The van der Waals surface area contributed by atoms with E-state index in [9.17, 15) is 4.79 Å². The van der Waals surface area contributed by atoms with Gasteiger partial charge in [-0.1, -0.05) is 18.2 Å². The Bertz CT molecular complexity index is 778. The molecule has 5 heteroatoms. The molecule has 0 bridgehead atoms. The van der Waals surface area contributed by atoms with Gasteiger partial charge in [0.05, 0.1) is 21.5 Å². The van der Waals surface area contributed by atoms with Gasteiger partial charge in [0.15, 0.2) is 0 Å². The summed E-state index contributed by atoms with van der Waals surface area (Å²) in [5.41, 5.74) is 2.17. The number of rotatable bonds is 4. The van der Waals surface area contributed by atoms with Crippen LogP contribution in [0.3, 0.4) is 0 Å². The fourth-order valence-electron chi connectivity index (χ4n) is 2.05. The lowest BCUT2D eigenvalue weighted by molar-refractivity contribution is 0.0696. The molecule has 1 aromatic heterocycles. The first-order valence-electron chi connectivity index (χ1n) is 6.44. The van der Waals surface area contributed by atoms with Crippen LogP contribution in [0.2, 0.25) is 0 Å². The molecular formula is C16H13NO2S2. The first kappa shape index (κ1) is 14.1. The molecule has 3 rings (SSSR count).